The lowest BCUT2D eigenvalue weighted by Crippen LogP contribution is -2.56. The Morgan fingerprint density at radius 1 is 1.13 bits per heavy atom. The molecule has 2 aliphatic rings. The summed E-state index contributed by atoms with van der Waals surface area (Å²) >= 11 is 0. The second-order valence-electron chi connectivity index (χ2n) is 10.5. The van der Waals surface area contributed by atoms with E-state index < -0.39 is 29.1 Å². The third kappa shape index (κ3) is 7.56. The molecule has 45 heavy (non-hydrogen) atoms. The molecule has 0 spiro atoms. The van der Waals surface area contributed by atoms with Gasteiger partial charge in [-0.1, -0.05) is 13.0 Å². The number of likely N-dealkylation sites (N-methyl/N-ethyl adjacent to an activating group) is 1. The van der Waals surface area contributed by atoms with Crippen LogP contribution in [-0.2, 0) is 21.4 Å². The van der Waals surface area contributed by atoms with E-state index in [1.54, 1.807) is 32.4 Å². The maximum Gasteiger partial charge on any atom is 0.434 e. The third-order valence-electron chi connectivity index (χ3n) is 7.60. The Morgan fingerprint density at radius 3 is 2.58 bits per heavy atom. The van der Waals surface area contributed by atoms with Gasteiger partial charge in [0.1, 0.15) is 5.70 Å². The molecule has 2 amide bonds. The van der Waals surface area contributed by atoms with E-state index in [0.29, 0.717) is 37.4 Å². The molecule has 2 atom stereocenters. The molecule has 0 aliphatic carbocycles. The number of nitrogens with zero attached hydrogens (tertiary/aromatic N) is 4. The summed E-state index contributed by atoms with van der Waals surface area (Å²) in [5.41, 5.74) is -1.40. The standard InChI is InChI=1S/C31H40F3N7O4/c1-5-22-20-40(29(43)23-10-11-25(44-6-2)38-27(23)31(32,33)34)17-18-41(22)24-12-13-30(45-7-3,21-9-8-14-36-19-21)39-26(24)28(42)37-16-15-35-4/h8-14,19,22,35,39H,5-7,15-18,20H2,1-4H3,(H,37,42)/t22-,30?/m1/s1. The molecular formula is C31H40F3N7O4. The molecular weight excluding hydrogens is 591 g/mol. The molecule has 0 radical (unpaired) electrons. The second-order valence-corrected chi connectivity index (χ2v) is 10.5. The highest BCUT2D eigenvalue weighted by Gasteiger charge is 2.42. The summed E-state index contributed by atoms with van der Waals surface area (Å²) < 4.78 is 53.1. The molecule has 0 saturated carbocycles. The van der Waals surface area contributed by atoms with Crippen LogP contribution < -0.4 is 20.7 Å². The topological polar surface area (TPSA) is 121 Å². The van der Waals surface area contributed by atoms with Crippen molar-refractivity contribution < 1.29 is 32.2 Å². The maximum absolute atomic E-state index is 13.9. The summed E-state index contributed by atoms with van der Waals surface area (Å²) in [4.78, 5) is 38.4. The van der Waals surface area contributed by atoms with Crippen LogP contribution in [0.4, 0.5) is 13.2 Å². The van der Waals surface area contributed by atoms with E-state index in [1.165, 1.54) is 11.0 Å². The number of alkyl halides is 3. The molecule has 14 heteroatoms. The quantitative estimate of drug-likeness (QED) is 0.304. The van der Waals surface area contributed by atoms with Crippen LogP contribution in [-0.4, -0.2) is 90.6 Å². The molecule has 2 aromatic rings. The van der Waals surface area contributed by atoms with Crippen LogP contribution in [0.2, 0.25) is 0 Å². The Bertz CT molecular complexity index is 1400. The summed E-state index contributed by atoms with van der Waals surface area (Å²) in [5.74, 6) is -1.31. The lowest BCUT2D eigenvalue weighted by atomic mass is 9.97. The zero-order chi connectivity index (χ0) is 32.6. The van der Waals surface area contributed by atoms with Crippen molar-refractivity contribution in [2.24, 2.45) is 0 Å². The van der Waals surface area contributed by atoms with Crippen molar-refractivity contribution in [2.75, 3.05) is 53.0 Å². The molecule has 1 saturated heterocycles. The van der Waals surface area contributed by atoms with Crippen molar-refractivity contribution in [1.29, 1.82) is 0 Å². The van der Waals surface area contributed by atoms with Gasteiger partial charge >= 0.3 is 6.18 Å². The Balaban J connectivity index is 1.65. The summed E-state index contributed by atoms with van der Waals surface area (Å²) in [5, 5.41) is 9.26. The number of piperazine rings is 1. The number of hydrogen-bond acceptors (Lipinski definition) is 9. The Hall–Kier alpha value is -4.17. The van der Waals surface area contributed by atoms with Gasteiger partial charge in [-0.2, -0.15) is 13.2 Å². The van der Waals surface area contributed by atoms with Gasteiger partial charge in [0.05, 0.1) is 17.9 Å². The average Bonchev–Trinajstić information content (AvgIpc) is 3.04. The van der Waals surface area contributed by atoms with Crippen molar-refractivity contribution in [3.8, 4) is 5.88 Å². The van der Waals surface area contributed by atoms with Crippen LogP contribution in [0.3, 0.4) is 0 Å². The maximum atomic E-state index is 13.9. The number of dihydropyridines is 1. The number of carbonyl (C=O) groups excluding carboxylic acids is 2. The molecule has 4 rings (SSSR count). The lowest BCUT2D eigenvalue weighted by Gasteiger charge is -2.46. The minimum Gasteiger partial charge on any atom is -0.478 e. The lowest BCUT2D eigenvalue weighted by molar-refractivity contribution is -0.141. The number of amides is 2. The number of carbonyl (C=O) groups is 2. The predicted molar refractivity (Wildman–Crippen MR) is 161 cm³/mol. The smallest absolute Gasteiger partial charge is 0.434 e. The fourth-order valence-electron chi connectivity index (χ4n) is 5.45. The fourth-order valence-corrected chi connectivity index (χ4v) is 5.45. The zero-order valence-electron chi connectivity index (χ0n) is 25.9. The molecule has 4 heterocycles. The number of aromatic nitrogens is 2. The first-order valence-electron chi connectivity index (χ1n) is 15.0. The molecule has 3 N–H and O–H groups in total. The van der Waals surface area contributed by atoms with Crippen molar-refractivity contribution in [3.63, 3.8) is 0 Å². The highest BCUT2D eigenvalue weighted by atomic mass is 19.4. The molecule has 2 aromatic heterocycles. The van der Waals surface area contributed by atoms with Crippen LogP contribution in [0.15, 0.2) is 60.2 Å². The number of nitrogens with one attached hydrogen (secondary N) is 3. The van der Waals surface area contributed by atoms with Crippen LogP contribution in [0, 0.1) is 0 Å². The number of allylic oxidation sites excluding steroid dienone is 1. The van der Waals surface area contributed by atoms with Gasteiger partial charge in [-0.3, -0.25) is 14.6 Å². The summed E-state index contributed by atoms with van der Waals surface area (Å²) in [6.07, 6.45) is 2.69. The van der Waals surface area contributed by atoms with Crippen molar-refractivity contribution in [2.45, 2.75) is 45.1 Å². The Kier molecular flexibility index (Phi) is 11.0. The van der Waals surface area contributed by atoms with Crippen molar-refractivity contribution >= 4 is 11.8 Å². The van der Waals surface area contributed by atoms with Crippen molar-refractivity contribution in [1.82, 2.24) is 35.7 Å². The minimum absolute atomic E-state index is 0.130. The number of pyridine rings is 2. The monoisotopic (exact) mass is 631 g/mol. The second kappa shape index (κ2) is 14.7. The van der Waals surface area contributed by atoms with E-state index in [0.717, 1.165) is 6.07 Å². The largest absolute Gasteiger partial charge is 0.478 e. The normalized spacial score (nSPS) is 20.2. The molecule has 244 valence electrons. The highest BCUT2D eigenvalue weighted by molar-refractivity contribution is 5.96. The number of rotatable bonds is 12. The van der Waals surface area contributed by atoms with E-state index >= 15 is 0 Å². The van der Waals surface area contributed by atoms with Gasteiger partial charge in [0.2, 0.25) is 5.88 Å². The van der Waals surface area contributed by atoms with E-state index in [1.807, 2.05) is 37.0 Å². The van der Waals surface area contributed by atoms with Gasteiger partial charge in [0, 0.05) is 69.4 Å². The fraction of sp³-hybridized carbons (Fsp3) is 0.484. The van der Waals surface area contributed by atoms with Crippen LogP contribution in [0.25, 0.3) is 0 Å². The minimum atomic E-state index is -4.84. The van der Waals surface area contributed by atoms with Gasteiger partial charge in [0.25, 0.3) is 11.8 Å². The zero-order valence-corrected chi connectivity index (χ0v) is 25.9. The summed E-state index contributed by atoms with van der Waals surface area (Å²) in [6, 6.07) is 5.73. The van der Waals surface area contributed by atoms with E-state index in [2.05, 4.69) is 25.9 Å². The van der Waals surface area contributed by atoms with Crippen LogP contribution >= 0.6 is 0 Å². The molecule has 0 aromatic carbocycles. The first kappa shape index (κ1) is 33.7. The SMILES string of the molecule is CCOc1ccc(C(=O)N2CCN(C3=C(C(=O)NCCNC)NC(OCC)(c4cccnc4)C=C3)[C@H](CC)C2)c(C(F)(F)F)n1. The Morgan fingerprint density at radius 2 is 1.93 bits per heavy atom. The number of hydrogen-bond donors (Lipinski definition) is 3. The predicted octanol–water partition coefficient (Wildman–Crippen LogP) is 3.03. The number of halogens is 3. The summed E-state index contributed by atoms with van der Waals surface area (Å²) in [7, 11) is 1.79. The van der Waals surface area contributed by atoms with Crippen LogP contribution in [0.1, 0.15) is 48.8 Å². The average molecular weight is 632 g/mol. The Labute approximate surface area is 260 Å². The van der Waals surface area contributed by atoms with Gasteiger partial charge in [-0.05, 0) is 51.6 Å². The van der Waals surface area contributed by atoms with Gasteiger partial charge in [0.15, 0.2) is 11.4 Å². The highest BCUT2D eigenvalue weighted by Crippen LogP contribution is 2.35. The first-order chi connectivity index (χ1) is 21.6. The van der Waals surface area contributed by atoms with Gasteiger partial charge < -0.3 is 35.2 Å². The van der Waals surface area contributed by atoms with Crippen LogP contribution in [0.5, 0.6) is 5.88 Å². The number of ether oxygens (including phenoxy) is 2. The first-order valence-corrected chi connectivity index (χ1v) is 15.0. The van der Waals surface area contributed by atoms with E-state index in [-0.39, 0.29) is 49.8 Å². The molecule has 1 fully saturated rings. The molecule has 2 aliphatic heterocycles. The van der Waals surface area contributed by atoms with E-state index in [9.17, 15) is 22.8 Å². The van der Waals surface area contributed by atoms with Gasteiger partial charge in [-0.25, -0.2) is 4.98 Å². The van der Waals surface area contributed by atoms with Gasteiger partial charge in [-0.15, -0.1) is 0 Å². The third-order valence-corrected chi connectivity index (χ3v) is 7.60. The summed E-state index contributed by atoms with van der Waals surface area (Å²) in [6.45, 7) is 7.39. The molecule has 1 unspecified atom stereocenters. The van der Waals surface area contributed by atoms with E-state index in [4.69, 9.17) is 9.47 Å². The molecule has 0 bridgehead atoms. The molecule has 11 nitrogen and oxygen atoms in total. The van der Waals surface area contributed by atoms with Crippen molar-refractivity contribution in [3.05, 3.63) is 77.0 Å².